The largest absolute Gasteiger partial charge is 0.493 e. The Morgan fingerprint density at radius 3 is 2.57 bits per heavy atom. The van der Waals surface area contributed by atoms with Gasteiger partial charge >= 0.3 is 0 Å². The lowest BCUT2D eigenvalue weighted by molar-refractivity contribution is 0.354. The number of anilines is 1. The SMILES string of the molecule is COc1ccc(CCNc2ncc(-c3ccncc3)c(-c3cccs3)n2)cc1OC. The number of hydrogen-bond donors (Lipinski definition) is 1. The summed E-state index contributed by atoms with van der Waals surface area (Å²) in [6.45, 7) is 0.702. The van der Waals surface area contributed by atoms with Crippen molar-refractivity contribution in [3.63, 3.8) is 0 Å². The fraction of sp³-hybridized carbons (Fsp3) is 0.174. The molecule has 1 N–H and O–H groups in total. The molecule has 30 heavy (non-hydrogen) atoms. The minimum Gasteiger partial charge on any atom is -0.493 e. The topological polar surface area (TPSA) is 69.2 Å². The van der Waals surface area contributed by atoms with Crippen molar-refractivity contribution in [2.24, 2.45) is 0 Å². The minimum atomic E-state index is 0.608. The zero-order chi connectivity index (χ0) is 20.8. The first-order valence-corrected chi connectivity index (χ1v) is 10.4. The highest BCUT2D eigenvalue weighted by Crippen LogP contribution is 2.33. The molecule has 0 fully saturated rings. The third-order valence-electron chi connectivity index (χ3n) is 4.68. The van der Waals surface area contributed by atoms with Gasteiger partial charge in [-0.2, -0.15) is 0 Å². The molecule has 4 aromatic rings. The second-order valence-corrected chi connectivity index (χ2v) is 7.48. The molecule has 0 aliphatic heterocycles. The second kappa shape index (κ2) is 9.37. The summed E-state index contributed by atoms with van der Waals surface area (Å²) in [5.74, 6) is 2.06. The van der Waals surface area contributed by atoms with E-state index in [0.29, 0.717) is 12.5 Å². The summed E-state index contributed by atoms with van der Waals surface area (Å²) < 4.78 is 10.7. The van der Waals surface area contributed by atoms with Gasteiger partial charge in [0.25, 0.3) is 0 Å². The molecule has 4 rings (SSSR count). The van der Waals surface area contributed by atoms with Crippen LogP contribution in [0.1, 0.15) is 5.56 Å². The summed E-state index contributed by atoms with van der Waals surface area (Å²) >= 11 is 1.66. The van der Waals surface area contributed by atoms with Crippen LogP contribution in [0.15, 0.2) is 66.4 Å². The van der Waals surface area contributed by atoms with Crippen molar-refractivity contribution >= 4 is 17.3 Å². The molecule has 0 unspecified atom stereocenters. The number of hydrogen-bond acceptors (Lipinski definition) is 7. The Kier molecular flexibility index (Phi) is 6.20. The molecular weight excluding hydrogens is 396 g/mol. The van der Waals surface area contributed by atoms with Crippen molar-refractivity contribution in [2.45, 2.75) is 6.42 Å². The number of nitrogens with one attached hydrogen (secondary N) is 1. The molecule has 0 atom stereocenters. The molecule has 3 aromatic heterocycles. The summed E-state index contributed by atoms with van der Waals surface area (Å²) in [6.07, 6.45) is 6.24. The lowest BCUT2D eigenvalue weighted by atomic mass is 10.1. The van der Waals surface area contributed by atoms with Gasteiger partial charge in [0.15, 0.2) is 11.5 Å². The van der Waals surface area contributed by atoms with E-state index in [1.54, 1.807) is 38.0 Å². The van der Waals surface area contributed by atoms with Crippen molar-refractivity contribution in [1.29, 1.82) is 0 Å². The predicted octanol–water partition coefficient (Wildman–Crippen LogP) is 4.94. The third kappa shape index (κ3) is 4.41. The van der Waals surface area contributed by atoms with Crippen molar-refractivity contribution in [3.05, 3.63) is 72.0 Å². The number of aromatic nitrogens is 3. The Bertz CT molecular complexity index is 1100. The molecule has 3 heterocycles. The number of pyridine rings is 1. The van der Waals surface area contributed by atoms with Crippen LogP contribution in [0, 0.1) is 0 Å². The van der Waals surface area contributed by atoms with E-state index in [1.165, 1.54) is 0 Å². The summed E-state index contributed by atoms with van der Waals surface area (Å²) in [5, 5.41) is 5.39. The van der Waals surface area contributed by atoms with Gasteiger partial charge < -0.3 is 14.8 Å². The molecular formula is C23H22N4O2S. The first-order chi connectivity index (χ1) is 14.8. The Morgan fingerprint density at radius 1 is 1.00 bits per heavy atom. The number of nitrogens with zero attached hydrogens (tertiary/aromatic N) is 3. The molecule has 0 aliphatic rings. The molecule has 0 saturated heterocycles. The second-order valence-electron chi connectivity index (χ2n) is 6.54. The first kappa shape index (κ1) is 19.8. The fourth-order valence-electron chi connectivity index (χ4n) is 3.17. The highest BCUT2D eigenvalue weighted by atomic mass is 32.1. The van der Waals surface area contributed by atoms with Crippen molar-refractivity contribution in [2.75, 3.05) is 26.1 Å². The maximum atomic E-state index is 5.38. The van der Waals surface area contributed by atoms with E-state index in [9.17, 15) is 0 Å². The fourth-order valence-corrected chi connectivity index (χ4v) is 3.89. The third-order valence-corrected chi connectivity index (χ3v) is 5.56. The summed E-state index contributed by atoms with van der Waals surface area (Å²) in [4.78, 5) is 14.6. The lowest BCUT2D eigenvalue weighted by Crippen LogP contribution is -2.09. The van der Waals surface area contributed by atoms with Crippen molar-refractivity contribution in [3.8, 4) is 33.2 Å². The number of thiophene rings is 1. The molecule has 0 radical (unpaired) electrons. The number of benzene rings is 1. The molecule has 6 nitrogen and oxygen atoms in total. The van der Waals surface area contributed by atoms with E-state index in [1.807, 2.05) is 42.6 Å². The van der Waals surface area contributed by atoms with Crippen molar-refractivity contribution < 1.29 is 9.47 Å². The Balaban J connectivity index is 1.52. The predicted molar refractivity (Wildman–Crippen MR) is 120 cm³/mol. The molecule has 0 amide bonds. The van der Waals surface area contributed by atoms with Crippen LogP contribution < -0.4 is 14.8 Å². The van der Waals surface area contributed by atoms with E-state index in [2.05, 4.69) is 26.7 Å². The zero-order valence-corrected chi connectivity index (χ0v) is 17.6. The normalized spacial score (nSPS) is 10.6. The molecule has 0 bridgehead atoms. The summed E-state index contributed by atoms with van der Waals surface area (Å²) in [6, 6.07) is 14.0. The van der Waals surface area contributed by atoms with E-state index >= 15 is 0 Å². The van der Waals surface area contributed by atoms with Crippen LogP contribution >= 0.6 is 11.3 Å². The lowest BCUT2D eigenvalue weighted by Gasteiger charge is -2.12. The van der Waals surface area contributed by atoms with E-state index in [4.69, 9.17) is 14.5 Å². The van der Waals surface area contributed by atoms with Gasteiger partial charge in [0, 0.05) is 30.7 Å². The number of ether oxygens (including phenoxy) is 2. The van der Waals surface area contributed by atoms with E-state index in [-0.39, 0.29) is 0 Å². The van der Waals surface area contributed by atoms with Gasteiger partial charge in [-0.1, -0.05) is 12.1 Å². The highest BCUT2D eigenvalue weighted by molar-refractivity contribution is 7.13. The average Bonchev–Trinajstić information content (AvgIpc) is 3.34. The van der Waals surface area contributed by atoms with E-state index < -0.39 is 0 Å². The van der Waals surface area contributed by atoms with Crippen LogP contribution in [0.4, 0.5) is 5.95 Å². The maximum absolute atomic E-state index is 5.38. The number of methoxy groups -OCH3 is 2. The average molecular weight is 419 g/mol. The standard InChI is InChI=1S/C23H22N4O2S/c1-28-19-6-5-16(14-20(19)29-2)7-12-25-23-26-15-18(17-8-10-24-11-9-17)22(27-23)21-4-3-13-30-21/h3-6,8-11,13-15H,7,12H2,1-2H3,(H,25,26,27). The van der Waals surface area contributed by atoms with Gasteiger partial charge in [-0.05, 0) is 53.3 Å². The molecule has 0 aliphatic carbocycles. The smallest absolute Gasteiger partial charge is 0.223 e. The Morgan fingerprint density at radius 2 is 1.83 bits per heavy atom. The summed E-state index contributed by atoms with van der Waals surface area (Å²) in [5.41, 5.74) is 4.10. The highest BCUT2D eigenvalue weighted by Gasteiger charge is 2.12. The molecule has 1 aromatic carbocycles. The first-order valence-electron chi connectivity index (χ1n) is 9.54. The van der Waals surface area contributed by atoms with Gasteiger partial charge in [0.2, 0.25) is 5.95 Å². The monoisotopic (exact) mass is 418 g/mol. The maximum Gasteiger partial charge on any atom is 0.223 e. The molecule has 0 saturated carbocycles. The molecule has 152 valence electrons. The van der Waals surface area contributed by atoms with Crippen LogP contribution in [-0.2, 0) is 6.42 Å². The minimum absolute atomic E-state index is 0.608. The molecule has 0 spiro atoms. The molecule has 7 heteroatoms. The number of rotatable bonds is 8. The Hall–Kier alpha value is -3.45. The van der Waals surface area contributed by atoms with Crippen LogP contribution in [-0.4, -0.2) is 35.7 Å². The van der Waals surface area contributed by atoms with Crippen molar-refractivity contribution in [1.82, 2.24) is 15.0 Å². The van der Waals surface area contributed by atoms with Crippen LogP contribution in [0.5, 0.6) is 11.5 Å². The van der Waals surface area contributed by atoms with Gasteiger partial charge in [-0.25, -0.2) is 9.97 Å². The van der Waals surface area contributed by atoms with Gasteiger partial charge in [0.1, 0.15) is 0 Å². The van der Waals surface area contributed by atoms with Gasteiger partial charge in [-0.15, -0.1) is 11.3 Å². The van der Waals surface area contributed by atoms with Crippen LogP contribution in [0.3, 0.4) is 0 Å². The van der Waals surface area contributed by atoms with Crippen LogP contribution in [0.2, 0.25) is 0 Å². The zero-order valence-electron chi connectivity index (χ0n) is 16.8. The Labute approximate surface area is 179 Å². The summed E-state index contributed by atoms with van der Waals surface area (Å²) in [7, 11) is 3.28. The van der Waals surface area contributed by atoms with E-state index in [0.717, 1.165) is 45.2 Å². The van der Waals surface area contributed by atoms with Gasteiger partial charge in [0.05, 0.1) is 24.8 Å². The quantitative estimate of drug-likeness (QED) is 0.437. The van der Waals surface area contributed by atoms with Gasteiger partial charge in [-0.3, -0.25) is 4.98 Å². The van der Waals surface area contributed by atoms with Crippen LogP contribution in [0.25, 0.3) is 21.7 Å².